The van der Waals surface area contributed by atoms with Crippen LogP contribution in [0.1, 0.15) is 26.3 Å². The van der Waals surface area contributed by atoms with Crippen molar-refractivity contribution in [2.75, 3.05) is 12.8 Å². The molecule has 4 heteroatoms. The van der Waals surface area contributed by atoms with Gasteiger partial charge < -0.3 is 5.32 Å². The molecule has 0 bridgehead atoms. The lowest BCUT2D eigenvalue weighted by Gasteiger charge is -2.22. The Kier molecular flexibility index (Phi) is 5.60. The van der Waals surface area contributed by atoms with Crippen LogP contribution in [0.3, 0.4) is 0 Å². The summed E-state index contributed by atoms with van der Waals surface area (Å²) in [6, 6.07) is 3.92. The van der Waals surface area contributed by atoms with E-state index in [1.54, 1.807) is 0 Å². The highest BCUT2D eigenvalue weighted by molar-refractivity contribution is 8.00. The van der Waals surface area contributed by atoms with E-state index in [4.69, 9.17) is 0 Å². The van der Waals surface area contributed by atoms with Crippen LogP contribution in [0.2, 0.25) is 0 Å². The van der Waals surface area contributed by atoms with Crippen LogP contribution < -0.4 is 5.32 Å². The predicted molar refractivity (Wildman–Crippen MR) is 75.1 cm³/mol. The number of benzene rings is 1. The number of hydrogen-bond acceptors (Lipinski definition) is 2. The summed E-state index contributed by atoms with van der Waals surface area (Å²) in [5.74, 6) is -0.107. The van der Waals surface area contributed by atoms with Gasteiger partial charge in [0.1, 0.15) is 11.6 Å². The van der Waals surface area contributed by atoms with Gasteiger partial charge in [-0.05, 0) is 31.2 Å². The van der Waals surface area contributed by atoms with Crippen molar-refractivity contribution in [3.8, 4) is 0 Å². The van der Waals surface area contributed by atoms with Crippen molar-refractivity contribution in [3.63, 3.8) is 0 Å². The average Bonchev–Trinajstić information content (AvgIpc) is 2.21. The SMILES string of the molecule is CNC(CSC(C)(C)C)Cc1cc(F)cc(F)c1. The molecule has 1 atom stereocenters. The Morgan fingerprint density at radius 1 is 1.17 bits per heavy atom. The number of hydrogen-bond donors (Lipinski definition) is 1. The Morgan fingerprint density at radius 3 is 2.17 bits per heavy atom. The summed E-state index contributed by atoms with van der Waals surface area (Å²) in [6.45, 7) is 6.48. The van der Waals surface area contributed by atoms with Crippen LogP contribution in [0.4, 0.5) is 8.78 Å². The van der Waals surface area contributed by atoms with E-state index in [1.165, 1.54) is 12.1 Å². The Morgan fingerprint density at radius 2 is 1.72 bits per heavy atom. The summed E-state index contributed by atoms with van der Waals surface area (Å²) in [7, 11) is 1.88. The molecule has 1 N–H and O–H groups in total. The molecule has 1 aromatic carbocycles. The molecule has 0 aliphatic rings. The van der Waals surface area contributed by atoms with Crippen LogP contribution in [-0.4, -0.2) is 23.6 Å². The lowest BCUT2D eigenvalue weighted by Crippen LogP contribution is -2.31. The molecule has 0 amide bonds. The zero-order chi connectivity index (χ0) is 13.8. The third kappa shape index (κ3) is 5.83. The highest BCUT2D eigenvalue weighted by atomic mass is 32.2. The van der Waals surface area contributed by atoms with Crippen molar-refractivity contribution in [3.05, 3.63) is 35.4 Å². The number of halogens is 2. The van der Waals surface area contributed by atoms with Crippen molar-refractivity contribution in [2.24, 2.45) is 0 Å². The summed E-state index contributed by atoms with van der Waals surface area (Å²) in [6.07, 6.45) is 0.633. The van der Waals surface area contributed by atoms with Gasteiger partial charge in [-0.2, -0.15) is 11.8 Å². The first-order valence-electron chi connectivity index (χ1n) is 6.06. The van der Waals surface area contributed by atoms with Gasteiger partial charge in [0.25, 0.3) is 0 Å². The minimum atomic E-state index is -0.511. The maximum absolute atomic E-state index is 13.1. The molecule has 0 aromatic heterocycles. The lowest BCUT2D eigenvalue weighted by molar-refractivity contribution is 0.569. The molecule has 0 heterocycles. The van der Waals surface area contributed by atoms with Crippen LogP contribution in [0.5, 0.6) is 0 Å². The molecule has 1 aromatic rings. The normalized spacial score (nSPS) is 13.7. The van der Waals surface area contributed by atoms with Crippen LogP contribution in [0.25, 0.3) is 0 Å². The number of rotatable bonds is 5. The highest BCUT2D eigenvalue weighted by Gasteiger charge is 2.15. The van der Waals surface area contributed by atoms with Crippen molar-refractivity contribution in [2.45, 2.75) is 38.0 Å². The number of likely N-dealkylation sites (N-methyl/N-ethyl adjacent to an activating group) is 1. The Balaban J connectivity index is 2.62. The van der Waals surface area contributed by atoms with E-state index in [-0.39, 0.29) is 10.8 Å². The fraction of sp³-hybridized carbons (Fsp3) is 0.571. The van der Waals surface area contributed by atoms with Crippen molar-refractivity contribution in [1.82, 2.24) is 5.32 Å². The van der Waals surface area contributed by atoms with E-state index in [2.05, 4.69) is 26.1 Å². The largest absolute Gasteiger partial charge is 0.316 e. The first kappa shape index (κ1) is 15.4. The third-order valence-electron chi connectivity index (χ3n) is 2.53. The van der Waals surface area contributed by atoms with Gasteiger partial charge in [-0.1, -0.05) is 20.8 Å². The molecule has 0 saturated carbocycles. The molecule has 0 aliphatic carbocycles. The number of nitrogens with one attached hydrogen (secondary N) is 1. The van der Waals surface area contributed by atoms with E-state index >= 15 is 0 Å². The molecule has 0 spiro atoms. The van der Waals surface area contributed by atoms with Gasteiger partial charge in [0, 0.05) is 22.6 Å². The predicted octanol–water partition coefficient (Wildman–Crippen LogP) is 3.63. The average molecular weight is 273 g/mol. The quantitative estimate of drug-likeness (QED) is 0.879. The van der Waals surface area contributed by atoms with Crippen LogP contribution in [0, 0.1) is 11.6 Å². The second-order valence-corrected chi connectivity index (χ2v) is 7.24. The summed E-state index contributed by atoms with van der Waals surface area (Å²) in [5, 5.41) is 3.20. The van der Waals surface area contributed by atoms with Crippen LogP contribution in [0.15, 0.2) is 18.2 Å². The molecule has 102 valence electrons. The first-order valence-corrected chi connectivity index (χ1v) is 7.05. The van der Waals surface area contributed by atoms with Crippen molar-refractivity contribution < 1.29 is 8.78 Å². The third-order valence-corrected chi connectivity index (χ3v) is 3.97. The molecular weight excluding hydrogens is 252 g/mol. The Bertz CT molecular complexity index is 368. The van der Waals surface area contributed by atoms with Crippen molar-refractivity contribution in [1.29, 1.82) is 0 Å². The van der Waals surface area contributed by atoms with Crippen LogP contribution >= 0.6 is 11.8 Å². The molecule has 0 fully saturated rings. The minimum Gasteiger partial charge on any atom is -0.316 e. The lowest BCUT2D eigenvalue weighted by atomic mass is 10.1. The number of thioether (sulfide) groups is 1. The van der Waals surface area contributed by atoms with E-state index in [0.717, 1.165) is 11.8 Å². The Labute approximate surface area is 112 Å². The molecule has 1 unspecified atom stereocenters. The fourth-order valence-corrected chi connectivity index (χ4v) is 2.59. The Hall–Kier alpha value is -0.610. The van der Waals surface area contributed by atoms with E-state index in [1.807, 2.05) is 18.8 Å². The van der Waals surface area contributed by atoms with Gasteiger partial charge >= 0.3 is 0 Å². The monoisotopic (exact) mass is 273 g/mol. The highest BCUT2D eigenvalue weighted by Crippen LogP contribution is 2.24. The van der Waals surface area contributed by atoms with Crippen LogP contribution in [-0.2, 0) is 6.42 Å². The summed E-state index contributed by atoms with van der Waals surface area (Å²) >= 11 is 1.84. The molecule has 0 saturated heterocycles. The van der Waals surface area contributed by atoms with Gasteiger partial charge in [-0.25, -0.2) is 8.78 Å². The van der Waals surface area contributed by atoms with Gasteiger partial charge in [0.05, 0.1) is 0 Å². The maximum Gasteiger partial charge on any atom is 0.126 e. The topological polar surface area (TPSA) is 12.0 Å². The van der Waals surface area contributed by atoms with E-state index in [0.29, 0.717) is 12.0 Å². The first-order chi connectivity index (χ1) is 8.30. The zero-order valence-electron chi connectivity index (χ0n) is 11.4. The minimum absolute atomic E-state index is 0.197. The standard InChI is InChI=1S/C14H21F2NS/c1-14(2,3)18-9-13(17-4)7-10-5-11(15)8-12(16)6-10/h5-6,8,13,17H,7,9H2,1-4H3. The summed E-state index contributed by atoms with van der Waals surface area (Å²) < 4.78 is 26.4. The fourth-order valence-electron chi connectivity index (χ4n) is 1.61. The molecule has 1 rings (SSSR count). The summed E-state index contributed by atoms with van der Waals surface area (Å²) in [4.78, 5) is 0. The second kappa shape index (κ2) is 6.53. The van der Waals surface area contributed by atoms with Gasteiger partial charge in [-0.15, -0.1) is 0 Å². The molecular formula is C14H21F2NS. The molecule has 0 radical (unpaired) electrons. The zero-order valence-corrected chi connectivity index (χ0v) is 12.2. The smallest absolute Gasteiger partial charge is 0.126 e. The van der Waals surface area contributed by atoms with Gasteiger partial charge in [0.15, 0.2) is 0 Å². The van der Waals surface area contributed by atoms with Crippen molar-refractivity contribution >= 4 is 11.8 Å². The van der Waals surface area contributed by atoms with Gasteiger partial charge in [0.2, 0.25) is 0 Å². The van der Waals surface area contributed by atoms with E-state index < -0.39 is 11.6 Å². The van der Waals surface area contributed by atoms with E-state index in [9.17, 15) is 8.78 Å². The molecule has 18 heavy (non-hydrogen) atoms. The molecule has 1 nitrogen and oxygen atoms in total. The maximum atomic E-state index is 13.1. The second-order valence-electron chi connectivity index (χ2n) is 5.39. The summed E-state index contributed by atoms with van der Waals surface area (Å²) in [5.41, 5.74) is 0.696. The van der Waals surface area contributed by atoms with Gasteiger partial charge in [-0.3, -0.25) is 0 Å². The molecule has 0 aliphatic heterocycles.